The Balaban J connectivity index is 2.94. The lowest BCUT2D eigenvalue weighted by molar-refractivity contribution is -0.136. The third-order valence-corrected chi connectivity index (χ3v) is 2.53. The first-order valence-corrected chi connectivity index (χ1v) is 5.19. The van der Waals surface area contributed by atoms with Crippen molar-refractivity contribution in [2.24, 2.45) is 0 Å². The summed E-state index contributed by atoms with van der Waals surface area (Å²) in [6, 6.07) is 4.81. The average molecular weight is 262 g/mol. The highest BCUT2D eigenvalue weighted by atomic mass is 35.5. The number of hydrogen-bond donors (Lipinski definition) is 1. The Morgan fingerprint density at radius 3 is 2.38 bits per heavy atom. The number of nitrogens with zero attached hydrogens (tertiary/aromatic N) is 1. The fourth-order valence-electron chi connectivity index (χ4n) is 1.20. The van der Waals surface area contributed by atoms with Crippen LogP contribution in [0.1, 0.15) is 6.42 Å². The molecule has 0 heterocycles. The first-order valence-electron chi connectivity index (χ1n) is 4.44. The lowest BCUT2D eigenvalue weighted by atomic mass is 10.2. The van der Waals surface area contributed by atoms with E-state index in [1.165, 1.54) is 4.90 Å². The predicted octanol–water partition coefficient (Wildman–Crippen LogP) is 2.43. The van der Waals surface area contributed by atoms with Crippen LogP contribution in [0.25, 0.3) is 0 Å². The summed E-state index contributed by atoms with van der Waals surface area (Å²) in [5.41, 5.74) is 0.335. The van der Waals surface area contributed by atoms with Gasteiger partial charge >= 0.3 is 5.97 Å². The van der Waals surface area contributed by atoms with E-state index in [1.54, 1.807) is 18.2 Å². The number of amides is 1. The van der Waals surface area contributed by atoms with Crippen molar-refractivity contribution in [1.82, 2.24) is 0 Å². The maximum absolute atomic E-state index is 10.8. The molecule has 4 nitrogen and oxygen atoms in total. The Bertz CT molecular complexity index is 389. The maximum Gasteiger partial charge on any atom is 0.305 e. The molecule has 0 spiro atoms. The van der Waals surface area contributed by atoms with E-state index in [0.717, 1.165) is 0 Å². The topological polar surface area (TPSA) is 57.6 Å². The number of aliphatic carboxylic acids is 1. The summed E-state index contributed by atoms with van der Waals surface area (Å²) in [5.74, 6) is -0.991. The molecule has 0 aliphatic rings. The molecule has 0 bridgehead atoms. The average Bonchev–Trinajstić information content (AvgIpc) is 2.22. The molecule has 0 fully saturated rings. The minimum absolute atomic E-state index is 0.0300. The number of benzene rings is 1. The monoisotopic (exact) mass is 261 g/mol. The number of para-hydroxylation sites is 1. The van der Waals surface area contributed by atoms with Gasteiger partial charge in [-0.1, -0.05) is 29.3 Å². The number of carboxylic acid groups (broad SMARTS) is 1. The van der Waals surface area contributed by atoms with Gasteiger partial charge in [0.05, 0.1) is 22.2 Å². The summed E-state index contributed by atoms with van der Waals surface area (Å²) >= 11 is 11.8. The van der Waals surface area contributed by atoms with Crippen molar-refractivity contribution in [3.8, 4) is 0 Å². The van der Waals surface area contributed by atoms with E-state index < -0.39 is 5.97 Å². The van der Waals surface area contributed by atoms with Crippen LogP contribution in [0.3, 0.4) is 0 Å². The molecule has 1 aromatic carbocycles. The van der Waals surface area contributed by atoms with Crippen LogP contribution in [0.5, 0.6) is 0 Å². The Kier molecular flexibility index (Phi) is 4.58. The molecule has 0 aromatic heterocycles. The summed E-state index contributed by atoms with van der Waals surface area (Å²) < 4.78 is 0. The molecular weight excluding hydrogens is 253 g/mol. The molecule has 16 heavy (non-hydrogen) atoms. The summed E-state index contributed by atoms with van der Waals surface area (Å²) in [4.78, 5) is 22.4. The zero-order valence-corrected chi connectivity index (χ0v) is 9.70. The van der Waals surface area contributed by atoms with Gasteiger partial charge in [-0.25, -0.2) is 0 Å². The van der Waals surface area contributed by atoms with Crippen molar-refractivity contribution in [2.45, 2.75) is 6.42 Å². The molecule has 0 aliphatic carbocycles. The van der Waals surface area contributed by atoms with E-state index in [0.29, 0.717) is 22.1 Å². The van der Waals surface area contributed by atoms with Gasteiger partial charge in [0.15, 0.2) is 0 Å². The number of halogens is 2. The van der Waals surface area contributed by atoms with Crippen molar-refractivity contribution in [3.05, 3.63) is 28.2 Å². The van der Waals surface area contributed by atoms with Crippen LogP contribution in [0.2, 0.25) is 10.0 Å². The molecule has 1 rings (SSSR count). The quantitative estimate of drug-likeness (QED) is 0.829. The van der Waals surface area contributed by atoms with Gasteiger partial charge in [0.25, 0.3) is 0 Å². The molecule has 0 saturated heterocycles. The van der Waals surface area contributed by atoms with Crippen LogP contribution in [0.4, 0.5) is 5.69 Å². The van der Waals surface area contributed by atoms with Crippen LogP contribution in [0, 0.1) is 0 Å². The van der Waals surface area contributed by atoms with Crippen LogP contribution < -0.4 is 4.90 Å². The number of hydrogen-bond acceptors (Lipinski definition) is 2. The van der Waals surface area contributed by atoms with Gasteiger partial charge in [-0.2, -0.15) is 0 Å². The van der Waals surface area contributed by atoms with Crippen molar-refractivity contribution < 1.29 is 14.7 Å². The molecule has 0 unspecified atom stereocenters. The van der Waals surface area contributed by atoms with Crippen LogP contribution in [0.15, 0.2) is 18.2 Å². The van der Waals surface area contributed by atoms with Crippen molar-refractivity contribution in [3.63, 3.8) is 0 Å². The molecule has 1 amide bonds. The predicted molar refractivity (Wildman–Crippen MR) is 62.1 cm³/mol. The molecule has 0 atom stereocenters. The summed E-state index contributed by atoms with van der Waals surface area (Å²) in [6.45, 7) is 0.0300. The fourth-order valence-corrected chi connectivity index (χ4v) is 1.81. The van der Waals surface area contributed by atoms with Gasteiger partial charge in [-0.05, 0) is 12.1 Å². The van der Waals surface area contributed by atoms with E-state index >= 15 is 0 Å². The molecule has 6 heteroatoms. The van der Waals surface area contributed by atoms with Gasteiger partial charge in [0.1, 0.15) is 0 Å². The number of carbonyl (C=O) groups is 2. The first-order chi connectivity index (χ1) is 7.56. The van der Waals surface area contributed by atoms with Crippen LogP contribution in [-0.4, -0.2) is 24.0 Å². The largest absolute Gasteiger partial charge is 0.481 e. The second-order valence-electron chi connectivity index (χ2n) is 3.01. The highest BCUT2D eigenvalue weighted by Gasteiger charge is 2.14. The van der Waals surface area contributed by atoms with Gasteiger partial charge in [-0.15, -0.1) is 0 Å². The molecule has 0 radical (unpaired) electrons. The van der Waals surface area contributed by atoms with Gasteiger partial charge in [0.2, 0.25) is 6.41 Å². The molecule has 86 valence electrons. The molecule has 1 aromatic rings. The van der Waals surface area contributed by atoms with Crippen LogP contribution in [-0.2, 0) is 9.59 Å². The summed E-state index contributed by atoms with van der Waals surface area (Å²) in [7, 11) is 0. The number of carbonyl (C=O) groups excluding carboxylic acids is 1. The van der Waals surface area contributed by atoms with Crippen LogP contribution >= 0.6 is 23.2 Å². The standard InChI is InChI=1S/C10H9Cl2NO3/c11-7-2-1-3-8(12)10(7)13(6-14)5-4-9(15)16/h1-3,6H,4-5H2,(H,15,16). The Morgan fingerprint density at radius 2 is 1.94 bits per heavy atom. The van der Waals surface area contributed by atoms with E-state index in [4.69, 9.17) is 28.3 Å². The second-order valence-corrected chi connectivity index (χ2v) is 3.83. The van der Waals surface area contributed by atoms with Crippen molar-refractivity contribution >= 4 is 41.3 Å². The summed E-state index contributed by atoms with van der Waals surface area (Å²) in [6.07, 6.45) is 0.344. The third kappa shape index (κ3) is 3.12. The Labute approximate surface area is 102 Å². The normalized spacial score (nSPS) is 9.88. The van der Waals surface area contributed by atoms with Gasteiger partial charge in [0, 0.05) is 6.54 Å². The zero-order valence-electron chi connectivity index (χ0n) is 8.19. The smallest absolute Gasteiger partial charge is 0.305 e. The van der Waals surface area contributed by atoms with Gasteiger partial charge in [-0.3, -0.25) is 9.59 Å². The molecule has 0 aliphatic heterocycles. The highest BCUT2D eigenvalue weighted by molar-refractivity contribution is 6.39. The van der Waals surface area contributed by atoms with Crippen molar-refractivity contribution in [2.75, 3.05) is 11.4 Å². The highest BCUT2D eigenvalue weighted by Crippen LogP contribution is 2.32. The molecule has 1 N–H and O–H groups in total. The first kappa shape index (κ1) is 12.8. The van der Waals surface area contributed by atoms with E-state index in [2.05, 4.69) is 0 Å². The fraction of sp³-hybridized carbons (Fsp3) is 0.200. The minimum Gasteiger partial charge on any atom is -0.481 e. The second kappa shape index (κ2) is 5.72. The number of carboxylic acids is 1. The number of anilines is 1. The lowest BCUT2D eigenvalue weighted by Crippen LogP contribution is -2.24. The Morgan fingerprint density at radius 1 is 1.38 bits per heavy atom. The third-order valence-electron chi connectivity index (χ3n) is 1.92. The van der Waals surface area contributed by atoms with E-state index in [-0.39, 0.29) is 13.0 Å². The summed E-state index contributed by atoms with van der Waals surface area (Å²) in [5, 5.41) is 9.16. The van der Waals surface area contributed by atoms with E-state index in [1.807, 2.05) is 0 Å². The minimum atomic E-state index is -0.991. The number of rotatable bonds is 5. The lowest BCUT2D eigenvalue weighted by Gasteiger charge is -2.18. The molecular formula is C10H9Cl2NO3. The maximum atomic E-state index is 10.8. The zero-order chi connectivity index (χ0) is 12.1. The van der Waals surface area contributed by atoms with Crippen molar-refractivity contribution in [1.29, 1.82) is 0 Å². The molecule has 0 saturated carbocycles. The SMILES string of the molecule is O=CN(CCC(=O)O)c1c(Cl)cccc1Cl. The van der Waals surface area contributed by atoms with E-state index in [9.17, 15) is 9.59 Å². The van der Waals surface area contributed by atoms with Gasteiger partial charge < -0.3 is 10.0 Å². The Hall–Kier alpha value is -1.26.